The molecule has 0 aromatic rings. The lowest BCUT2D eigenvalue weighted by Gasteiger charge is -2.38. The van der Waals surface area contributed by atoms with Gasteiger partial charge < -0.3 is 19.8 Å². The monoisotopic (exact) mass is 400 g/mol. The Hall–Kier alpha value is -1.89. The van der Waals surface area contributed by atoms with Crippen molar-refractivity contribution in [1.29, 1.82) is 0 Å². The number of hydrogen-bond acceptors (Lipinski definition) is 3. The quantitative estimate of drug-likeness (QED) is 0.172. The van der Waals surface area contributed by atoms with Crippen molar-refractivity contribution in [2.45, 2.75) is 77.6 Å². The van der Waals surface area contributed by atoms with Crippen LogP contribution in [-0.2, 0) is 14.4 Å². The number of carboxylic acid groups (broad SMARTS) is 3. The van der Waals surface area contributed by atoms with Crippen molar-refractivity contribution in [2.75, 3.05) is 26.2 Å². The number of rotatable bonds is 19. The summed E-state index contributed by atoms with van der Waals surface area (Å²) in [4.78, 5) is 33.0. The van der Waals surface area contributed by atoms with Crippen LogP contribution in [0.4, 0.5) is 0 Å². The number of carbonyl (C=O) groups is 3. The molecular formula is C21H38NO6+. The molecule has 0 fully saturated rings. The zero-order chi connectivity index (χ0) is 21.3. The third-order valence-corrected chi connectivity index (χ3v) is 5.04. The molecule has 0 unspecified atom stereocenters. The lowest BCUT2D eigenvalue weighted by Crippen LogP contribution is -2.52. The zero-order valence-corrected chi connectivity index (χ0v) is 17.3. The van der Waals surface area contributed by atoms with Gasteiger partial charge in [-0.2, -0.15) is 0 Å². The van der Waals surface area contributed by atoms with Crippen LogP contribution in [0, 0.1) is 0 Å². The average Bonchev–Trinajstić information content (AvgIpc) is 2.63. The van der Waals surface area contributed by atoms with Crippen LogP contribution in [0.15, 0.2) is 12.2 Å². The maximum Gasteiger partial charge on any atom is 0.309 e. The summed E-state index contributed by atoms with van der Waals surface area (Å²) in [5.41, 5.74) is 0. The molecule has 0 aromatic carbocycles. The molecular weight excluding hydrogens is 362 g/mol. The van der Waals surface area contributed by atoms with Gasteiger partial charge in [0.2, 0.25) is 0 Å². The highest BCUT2D eigenvalue weighted by atomic mass is 16.4. The summed E-state index contributed by atoms with van der Waals surface area (Å²) in [6.07, 6.45) is 12.8. The Balaban J connectivity index is 4.53. The molecule has 0 spiro atoms. The second kappa shape index (κ2) is 16.1. The normalized spacial score (nSPS) is 11.8. The van der Waals surface area contributed by atoms with Crippen molar-refractivity contribution in [3.63, 3.8) is 0 Å². The Bertz CT molecular complexity index is 444. The summed E-state index contributed by atoms with van der Waals surface area (Å²) in [5.74, 6) is -2.82. The van der Waals surface area contributed by atoms with Gasteiger partial charge in [0, 0.05) is 0 Å². The second-order valence-corrected chi connectivity index (χ2v) is 7.48. The molecule has 0 amide bonds. The Labute approximate surface area is 168 Å². The minimum absolute atomic E-state index is 0.0816. The van der Waals surface area contributed by atoms with Crippen molar-refractivity contribution < 1.29 is 34.2 Å². The van der Waals surface area contributed by atoms with E-state index in [0.717, 1.165) is 38.5 Å². The summed E-state index contributed by atoms with van der Waals surface area (Å²) < 4.78 is 0.252. The van der Waals surface area contributed by atoms with E-state index in [9.17, 15) is 14.4 Å². The first-order chi connectivity index (χ1) is 13.3. The molecule has 162 valence electrons. The SMILES string of the molecule is CCCC/C=C/CCCCCC[N+](CCC(=O)O)(CCC(=O)O)CCC(=O)O. The third kappa shape index (κ3) is 15.2. The maximum absolute atomic E-state index is 11.0. The minimum Gasteiger partial charge on any atom is -0.481 e. The number of quaternary nitrogens is 1. The van der Waals surface area contributed by atoms with Gasteiger partial charge in [-0.3, -0.25) is 14.4 Å². The Morgan fingerprint density at radius 2 is 1.07 bits per heavy atom. The first-order valence-corrected chi connectivity index (χ1v) is 10.5. The van der Waals surface area contributed by atoms with Crippen LogP contribution in [0.2, 0.25) is 0 Å². The highest BCUT2D eigenvalue weighted by molar-refractivity contribution is 5.67. The van der Waals surface area contributed by atoms with Crippen molar-refractivity contribution >= 4 is 17.9 Å². The van der Waals surface area contributed by atoms with E-state index in [0.29, 0.717) is 6.54 Å². The predicted octanol–water partition coefficient (Wildman–Crippen LogP) is 3.92. The number of unbranched alkanes of at least 4 members (excludes halogenated alkanes) is 6. The largest absolute Gasteiger partial charge is 0.481 e. The van der Waals surface area contributed by atoms with Crippen molar-refractivity contribution in [3.05, 3.63) is 12.2 Å². The average molecular weight is 401 g/mol. The van der Waals surface area contributed by atoms with Gasteiger partial charge >= 0.3 is 17.9 Å². The topological polar surface area (TPSA) is 112 Å². The smallest absolute Gasteiger partial charge is 0.309 e. The first kappa shape index (κ1) is 26.1. The Kier molecular flexibility index (Phi) is 15.0. The van der Waals surface area contributed by atoms with Gasteiger partial charge in [-0.25, -0.2) is 0 Å². The van der Waals surface area contributed by atoms with Crippen molar-refractivity contribution in [2.24, 2.45) is 0 Å². The molecule has 0 atom stereocenters. The van der Waals surface area contributed by atoms with Crippen LogP contribution < -0.4 is 0 Å². The molecule has 0 saturated heterocycles. The highest BCUT2D eigenvalue weighted by Crippen LogP contribution is 2.16. The molecule has 0 aliphatic carbocycles. The van der Waals surface area contributed by atoms with Crippen LogP contribution in [0.5, 0.6) is 0 Å². The standard InChI is InChI=1S/C21H37NO6/c1-2-3-4-5-6-7-8-9-10-11-15-22(16-12-19(23)24,17-13-20(25)26)18-14-21(27)28/h5-6H,2-4,7-18H2,1H3,(H2-,23,24,25,26,27,28)/p+1/b6-5+. The van der Waals surface area contributed by atoms with E-state index in [1.165, 1.54) is 12.8 Å². The molecule has 0 aliphatic rings. The van der Waals surface area contributed by atoms with Crippen LogP contribution in [0.25, 0.3) is 0 Å². The fourth-order valence-corrected chi connectivity index (χ4v) is 3.29. The van der Waals surface area contributed by atoms with Gasteiger partial charge in [0.15, 0.2) is 0 Å². The lowest BCUT2D eigenvalue weighted by molar-refractivity contribution is -0.927. The molecule has 28 heavy (non-hydrogen) atoms. The third-order valence-electron chi connectivity index (χ3n) is 5.04. The van der Waals surface area contributed by atoms with Crippen LogP contribution in [0.3, 0.4) is 0 Å². The van der Waals surface area contributed by atoms with Crippen molar-refractivity contribution in [1.82, 2.24) is 0 Å². The molecule has 3 N–H and O–H groups in total. The maximum atomic E-state index is 11.0. The Morgan fingerprint density at radius 1 is 0.643 bits per heavy atom. The summed E-state index contributed by atoms with van der Waals surface area (Å²) >= 11 is 0. The van der Waals surface area contributed by atoms with E-state index in [-0.39, 0.29) is 43.4 Å². The van der Waals surface area contributed by atoms with E-state index >= 15 is 0 Å². The molecule has 0 saturated carbocycles. The van der Waals surface area contributed by atoms with E-state index < -0.39 is 17.9 Å². The number of aliphatic carboxylic acids is 3. The molecule has 0 heterocycles. The first-order valence-electron chi connectivity index (χ1n) is 10.5. The van der Waals surface area contributed by atoms with E-state index in [1.807, 2.05) is 0 Å². The van der Waals surface area contributed by atoms with Crippen LogP contribution in [-0.4, -0.2) is 63.9 Å². The second-order valence-electron chi connectivity index (χ2n) is 7.48. The molecule has 7 nitrogen and oxygen atoms in total. The predicted molar refractivity (Wildman–Crippen MR) is 108 cm³/mol. The number of carboxylic acids is 3. The van der Waals surface area contributed by atoms with Gasteiger partial charge in [0.05, 0.1) is 45.4 Å². The number of hydrogen-bond donors (Lipinski definition) is 3. The van der Waals surface area contributed by atoms with E-state index in [4.69, 9.17) is 15.3 Å². The number of allylic oxidation sites excluding steroid dienone is 2. The van der Waals surface area contributed by atoms with Gasteiger partial charge in [0.25, 0.3) is 0 Å². The summed E-state index contributed by atoms with van der Waals surface area (Å²) in [6.45, 7) is 3.62. The summed E-state index contributed by atoms with van der Waals surface area (Å²) in [6, 6.07) is 0. The molecule has 0 aliphatic heterocycles. The van der Waals surface area contributed by atoms with Gasteiger partial charge in [-0.15, -0.1) is 0 Å². The van der Waals surface area contributed by atoms with Gasteiger partial charge in [-0.05, 0) is 32.1 Å². The fourth-order valence-electron chi connectivity index (χ4n) is 3.29. The van der Waals surface area contributed by atoms with Crippen LogP contribution >= 0.6 is 0 Å². The van der Waals surface area contributed by atoms with Crippen LogP contribution in [0.1, 0.15) is 77.6 Å². The highest BCUT2D eigenvalue weighted by Gasteiger charge is 2.29. The van der Waals surface area contributed by atoms with Gasteiger partial charge in [0.1, 0.15) is 0 Å². The number of nitrogens with zero attached hydrogens (tertiary/aromatic N) is 1. The molecule has 0 aromatic heterocycles. The van der Waals surface area contributed by atoms with Crippen molar-refractivity contribution in [3.8, 4) is 0 Å². The molecule has 0 radical (unpaired) electrons. The lowest BCUT2D eigenvalue weighted by atomic mass is 10.1. The van der Waals surface area contributed by atoms with Gasteiger partial charge in [-0.1, -0.05) is 38.3 Å². The zero-order valence-electron chi connectivity index (χ0n) is 17.3. The van der Waals surface area contributed by atoms with E-state index in [1.54, 1.807) is 0 Å². The Morgan fingerprint density at radius 3 is 1.50 bits per heavy atom. The molecule has 0 rings (SSSR count). The molecule has 0 bridgehead atoms. The van der Waals surface area contributed by atoms with E-state index in [2.05, 4.69) is 19.1 Å². The fraction of sp³-hybridized carbons (Fsp3) is 0.762. The summed E-state index contributed by atoms with van der Waals surface area (Å²) in [5, 5.41) is 27.1. The minimum atomic E-state index is -0.942. The molecule has 7 heteroatoms. The summed E-state index contributed by atoms with van der Waals surface area (Å²) in [7, 11) is 0.